The number of aldehydes is 1. The van der Waals surface area contributed by atoms with Crippen molar-refractivity contribution in [3.05, 3.63) is 10.0 Å². The van der Waals surface area contributed by atoms with Gasteiger partial charge < -0.3 is 4.90 Å². The molecule has 1 fully saturated rings. The van der Waals surface area contributed by atoms with Crippen LogP contribution in [0.1, 0.15) is 36.4 Å². The first-order chi connectivity index (χ1) is 8.11. The van der Waals surface area contributed by atoms with Crippen molar-refractivity contribution in [3.8, 4) is 0 Å². The fourth-order valence-electron chi connectivity index (χ4n) is 2.27. The van der Waals surface area contributed by atoms with Gasteiger partial charge in [0.2, 0.25) is 0 Å². The number of rotatable bonds is 3. The van der Waals surface area contributed by atoms with Gasteiger partial charge in [0.1, 0.15) is 4.88 Å². The van der Waals surface area contributed by atoms with Gasteiger partial charge in [0.25, 0.3) is 0 Å². The molecule has 1 aliphatic rings. The van der Waals surface area contributed by atoms with E-state index < -0.39 is 0 Å². The lowest BCUT2D eigenvalue weighted by Gasteiger charge is -2.33. The molecule has 0 unspecified atom stereocenters. The van der Waals surface area contributed by atoms with Gasteiger partial charge in [0.05, 0.1) is 0 Å². The standard InChI is InChI=1S/C12H17ClN2OS/c1-8(2)9-3-5-15(6-4-9)12-14-11(13)10(7-16)17-12/h7-9H,3-6H2,1-2H3. The SMILES string of the molecule is CC(C)C1CCN(c2nc(Cl)c(C=O)s2)CC1. The van der Waals surface area contributed by atoms with Crippen molar-refractivity contribution < 1.29 is 4.79 Å². The molecule has 0 saturated carbocycles. The van der Waals surface area contributed by atoms with Gasteiger partial charge in [-0.05, 0) is 24.7 Å². The number of carbonyl (C=O) groups excluding carboxylic acids is 1. The monoisotopic (exact) mass is 272 g/mol. The van der Waals surface area contributed by atoms with Crippen LogP contribution in [0.2, 0.25) is 5.15 Å². The molecular weight excluding hydrogens is 256 g/mol. The second-order valence-corrected chi connectivity index (χ2v) is 6.20. The van der Waals surface area contributed by atoms with Gasteiger partial charge in [-0.3, -0.25) is 4.79 Å². The molecular formula is C12H17ClN2OS. The van der Waals surface area contributed by atoms with Crippen LogP contribution in [0.4, 0.5) is 5.13 Å². The van der Waals surface area contributed by atoms with E-state index in [9.17, 15) is 4.79 Å². The molecule has 2 heterocycles. The third kappa shape index (κ3) is 2.80. The van der Waals surface area contributed by atoms with Crippen molar-refractivity contribution in [2.24, 2.45) is 11.8 Å². The molecule has 0 amide bonds. The first-order valence-corrected chi connectivity index (χ1v) is 7.17. The summed E-state index contributed by atoms with van der Waals surface area (Å²) in [6.45, 7) is 6.60. The normalized spacial score (nSPS) is 17.8. The van der Waals surface area contributed by atoms with Crippen molar-refractivity contribution in [2.75, 3.05) is 18.0 Å². The fourth-order valence-corrected chi connectivity index (χ4v) is 3.38. The van der Waals surface area contributed by atoms with Crippen LogP contribution >= 0.6 is 22.9 Å². The quantitative estimate of drug-likeness (QED) is 0.790. The lowest BCUT2D eigenvalue weighted by Crippen LogP contribution is -2.35. The molecule has 1 aromatic rings. The summed E-state index contributed by atoms with van der Waals surface area (Å²) < 4.78 is 0. The number of piperidine rings is 1. The molecule has 17 heavy (non-hydrogen) atoms. The van der Waals surface area contributed by atoms with Gasteiger partial charge in [-0.15, -0.1) is 0 Å². The Morgan fingerprint density at radius 2 is 2.12 bits per heavy atom. The maximum atomic E-state index is 10.7. The van der Waals surface area contributed by atoms with Crippen molar-refractivity contribution in [1.82, 2.24) is 4.98 Å². The number of hydrogen-bond acceptors (Lipinski definition) is 4. The van der Waals surface area contributed by atoms with Crippen molar-refractivity contribution in [2.45, 2.75) is 26.7 Å². The minimum atomic E-state index is 0.339. The number of nitrogens with zero attached hydrogens (tertiary/aromatic N) is 2. The van der Waals surface area contributed by atoms with Gasteiger partial charge in [-0.2, -0.15) is 0 Å². The third-order valence-electron chi connectivity index (χ3n) is 3.46. The first-order valence-electron chi connectivity index (χ1n) is 5.98. The second kappa shape index (κ2) is 5.36. The number of halogens is 1. The van der Waals surface area contributed by atoms with Gasteiger partial charge in [-0.1, -0.05) is 36.8 Å². The van der Waals surface area contributed by atoms with Crippen LogP contribution in [0.25, 0.3) is 0 Å². The molecule has 0 radical (unpaired) electrons. The number of aromatic nitrogens is 1. The van der Waals surface area contributed by atoms with Crippen LogP contribution in [0.3, 0.4) is 0 Å². The summed E-state index contributed by atoms with van der Waals surface area (Å²) in [5.74, 6) is 1.56. The molecule has 0 N–H and O–H groups in total. The van der Waals surface area contributed by atoms with Crippen LogP contribution in [0.5, 0.6) is 0 Å². The molecule has 94 valence electrons. The van der Waals surface area contributed by atoms with Crippen molar-refractivity contribution >= 4 is 34.4 Å². The van der Waals surface area contributed by atoms with E-state index in [1.54, 1.807) is 0 Å². The van der Waals surface area contributed by atoms with E-state index in [0.717, 1.165) is 36.3 Å². The molecule has 0 aromatic carbocycles. The molecule has 0 atom stereocenters. The summed E-state index contributed by atoms with van der Waals surface area (Å²) in [5.41, 5.74) is 0. The van der Waals surface area contributed by atoms with Gasteiger partial charge >= 0.3 is 0 Å². The fraction of sp³-hybridized carbons (Fsp3) is 0.667. The predicted octanol–water partition coefficient (Wildman–Crippen LogP) is 3.48. The molecule has 0 aliphatic carbocycles. The number of carbonyl (C=O) groups is 1. The van der Waals surface area contributed by atoms with Crippen molar-refractivity contribution in [1.29, 1.82) is 0 Å². The average Bonchev–Trinajstić information content (AvgIpc) is 2.70. The molecule has 0 spiro atoms. The van der Waals surface area contributed by atoms with Crippen molar-refractivity contribution in [3.63, 3.8) is 0 Å². The highest BCUT2D eigenvalue weighted by Crippen LogP contribution is 2.32. The third-order valence-corrected chi connectivity index (χ3v) is 4.90. The van der Waals surface area contributed by atoms with E-state index in [2.05, 4.69) is 23.7 Å². The van der Waals surface area contributed by atoms with E-state index in [1.165, 1.54) is 24.2 Å². The highest BCUT2D eigenvalue weighted by molar-refractivity contribution is 7.17. The first kappa shape index (κ1) is 12.8. The van der Waals surface area contributed by atoms with E-state index in [1.807, 2.05) is 0 Å². The number of hydrogen-bond donors (Lipinski definition) is 0. The summed E-state index contributed by atoms with van der Waals surface area (Å²) in [4.78, 5) is 17.8. The Labute approximate surface area is 111 Å². The Bertz CT molecular complexity index is 397. The van der Waals surface area contributed by atoms with E-state index in [-0.39, 0.29) is 0 Å². The van der Waals surface area contributed by atoms with Gasteiger partial charge in [0.15, 0.2) is 16.6 Å². The topological polar surface area (TPSA) is 33.2 Å². The van der Waals surface area contributed by atoms with E-state index >= 15 is 0 Å². The second-order valence-electron chi connectivity index (χ2n) is 4.84. The summed E-state index contributed by atoms with van der Waals surface area (Å²) in [5, 5.41) is 1.23. The summed E-state index contributed by atoms with van der Waals surface area (Å²) in [6.07, 6.45) is 3.18. The largest absolute Gasteiger partial charge is 0.348 e. The van der Waals surface area contributed by atoms with Gasteiger partial charge in [0, 0.05) is 13.1 Å². The molecule has 1 saturated heterocycles. The zero-order valence-electron chi connectivity index (χ0n) is 10.1. The molecule has 0 bridgehead atoms. The highest BCUT2D eigenvalue weighted by Gasteiger charge is 2.24. The number of thiazole rings is 1. The lowest BCUT2D eigenvalue weighted by atomic mass is 9.87. The van der Waals surface area contributed by atoms with Crippen LogP contribution in [0, 0.1) is 11.8 Å². The van der Waals surface area contributed by atoms with E-state index in [0.29, 0.717) is 10.0 Å². The van der Waals surface area contributed by atoms with Crippen LogP contribution in [-0.2, 0) is 0 Å². The molecule has 1 aromatic heterocycles. The Kier molecular flexibility index (Phi) is 4.05. The Morgan fingerprint density at radius 1 is 1.47 bits per heavy atom. The average molecular weight is 273 g/mol. The Balaban J connectivity index is 2.02. The maximum Gasteiger partial charge on any atom is 0.187 e. The highest BCUT2D eigenvalue weighted by atomic mass is 35.5. The summed E-state index contributed by atoms with van der Waals surface area (Å²) >= 11 is 7.28. The van der Waals surface area contributed by atoms with Crippen LogP contribution in [-0.4, -0.2) is 24.4 Å². The Hall–Kier alpha value is -0.610. The Morgan fingerprint density at radius 3 is 2.59 bits per heavy atom. The van der Waals surface area contributed by atoms with Crippen LogP contribution in [0.15, 0.2) is 0 Å². The predicted molar refractivity (Wildman–Crippen MR) is 72.3 cm³/mol. The zero-order chi connectivity index (χ0) is 12.4. The zero-order valence-corrected chi connectivity index (χ0v) is 11.7. The molecule has 5 heteroatoms. The molecule has 2 rings (SSSR count). The smallest absolute Gasteiger partial charge is 0.187 e. The summed E-state index contributed by atoms with van der Waals surface area (Å²) in [6, 6.07) is 0. The molecule has 3 nitrogen and oxygen atoms in total. The number of anilines is 1. The maximum absolute atomic E-state index is 10.7. The van der Waals surface area contributed by atoms with Crippen LogP contribution < -0.4 is 4.90 Å². The van der Waals surface area contributed by atoms with E-state index in [4.69, 9.17) is 11.6 Å². The minimum absolute atomic E-state index is 0.339. The lowest BCUT2D eigenvalue weighted by molar-refractivity contribution is 0.112. The molecule has 1 aliphatic heterocycles. The van der Waals surface area contributed by atoms with Gasteiger partial charge in [-0.25, -0.2) is 4.98 Å². The summed E-state index contributed by atoms with van der Waals surface area (Å²) in [7, 11) is 0. The minimum Gasteiger partial charge on any atom is -0.348 e.